The predicted molar refractivity (Wildman–Crippen MR) is 63.9 cm³/mol. The van der Waals surface area contributed by atoms with Crippen LogP contribution in [-0.2, 0) is 6.51 Å². The number of nitrogens with two attached hydrogens (primary N) is 1. The Morgan fingerprint density at radius 3 is 1.65 bits per heavy atom. The van der Waals surface area contributed by atoms with E-state index in [-0.39, 0.29) is 5.54 Å². The maximum atomic E-state index is 6.31. The van der Waals surface area contributed by atoms with Crippen LogP contribution < -0.4 is 5.73 Å². The summed E-state index contributed by atoms with van der Waals surface area (Å²) in [7, 11) is 0. The average Bonchev–Trinajstić information content (AvgIpc) is 3.19. The predicted octanol–water partition coefficient (Wildman–Crippen LogP) is 4.26. The molecule has 10 aliphatic heterocycles. The summed E-state index contributed by atoms with van der Waals surface area (Å²) >= 11 is 0. The van der Waals surface area contributed by atoms with Crippen molar-refractivity contribution in [3.63, 3.8) is 0 Å². The first-order valence-corrected chi connectivity index (χ1v) is 14.0. The van der Waals surface area contributed by atoms with Gasteiger partial charge in [-0.3, -0.25) is 0 Å². The van der Waals surface area contributed by atoms with E-state index in [0.717, 1.165) is 4.31 Å². The van der Waals surface area contributed by atoms with Crippen molar-refractivity contribution in [2.45, 2.75) is 79.9 Å². The molecule has 17 heavy (non-hydrogen) atoms. The van der Waals surface area contributed by atoms with Crippen molar-refractivity contribution in [1.82, 2.24) is 0 Å². The van der Waals surface area contributed by atoms with Crippen LogP contribution >= 0.6 is 0 Å². The van der Waals surface area contributed by atoms with Crippen molar-refractivity contribution in [1.29, 1.82) is 0 Å². The summed E-state index contributed by atoms with van der Waals surface area (Å²) in [6, 6.07) is 0. The summed E-state index contributed by atoms with van der Waals surface area (Å²) < 4.78 is 1.12. The van der Waals surface area contributed by atoms with Crippen molar-refractivity contribution < 1.29 is 6.51 Å². The summed E-state index contributed by atoms with van der Waals surface area (Å²) in [5, 5.41) is 0. The van der Waals surface area contributed by atoms with E-state index in [9.17, 15) is 0 Å². The molecule has 10 heterocycles. The molecule has 2 N–H and O–H groups in total. The maximum absolute atomic E-state index is 6.31. The van der Waals surface area contributed by atoms with Gasteiger partial charge in [0.05, 0.1) is 0 Å². The minimum absolute atomic E-state index is 0.112. The second kappa shape index (κ2) is 0.528. The van der Waals surface area contributed by atoms with E-state index in [4.69, 9.17) is 5.73 Å². The van der Waals surface area contributed by atoms with E-state index in [0.29, 0.717) is 0 Å². The molecule has 0 saturated carbocycles. The molecular formula is C15H21FeN. The summed E-state index contributed by atoms with van der Waals surface area (Å²) in [5.74, 6) is 0. The molecule has 10 fully saturated rings. The van der Waals surface area contributed by atoms with Gasteiger partial charge in [0.25, 0.3) is 0 Å². The van der Waals surface area contributed by atoms with Crippen molar-refractivity contribution in [2.24, 2.45) is 5.73 Å². The van der Waals surface area contributed by atoms with Gasteiger partial charge in [0, 0.05) is 0 Å². The van der Waals surface area contributed by atoms with Gasteiger partial charge in [-0.05, 0) is 0 Å². The zero-order valence-corrected chi connectivity index (χ0v) is 11.6. The van der Waals surface area contributed by atoms with E-state index in [1.54, 1.807) is 6.42 Å². The van der Waals surface area contributed by atoms with E-state index >= 15 is 0 Å². The van der Waals surface area contributed by atoms with Gasteiger partial charge in [0.2, 0.25) is 0 Å². The molecule has 94 valence electrons. The van der Waals surface area contributed by atoms with Crippen molar-refractivity contribution in [3.05, 3.63) is 0 Å². The molecule has 0 aromatic carbocycles. The van der Waals surface area contributed by atoms with Crippen LogP contribution in [0, 0.1) is 0 Å². The van der Waals surface area contributed by atoms with Gasteiger partial charge < -0.3 is 0 Å². The molecule has 1 nitrogen and oxygen atoms in total. The van der Waals surface area contributed by atoms with Crippen molar-refractivity contribution >= 4 is 0 Å². The molecular weight excluding hydrogens is 250 g/mol. The van der Waals surface area contributed by atoms with Crippen LogP contribution in [0.15, 0.2) is 0 Å². The fraction of sp³-hybridized carbons (Fsp3) is 1.00. The summed E-state index contributed by atoms with van der Waals surface area (Å²) in [6.07, 6.45) is 2.96. The Balaban J connectivity index is 1.42. The standard InChI is InChI=1S/C10H16N.C5H5.Fe/c1-10(2,11)8-7-9-5-3-4-6-9;1-2-4-5-3-1;/h3-6H,7-8,11H2,1-2H3;1-5H;. The van der Waals surface area contributed by atoms with E-state index in [1.807, 2.05) is 0 Å². The third-order valence-electron chi connectivity index (χ3n) is 16.1. The van der Waals surface area contributed by atoms with Gasteiger partial charge in [-0.2, -0.15) is 0 Å². The van der Waals surface area contributed by atoms with E-state index in [2.05, 4.69) is 13.8 Å². The third kappa shape index (κ3) is 0.0711. The minimum atomic E-state index is -2.71. The molecule has 4 unspecified atom stereocenters. The molecule has 0 radical (unpaired) electrons. The third-order valence-corrected chi connectivity index (χ3v) is 59.2. The van der Waals surface area contributed by atoms with Crippen LogP contribution in [0.25, 0.3) is 0 Å². The number of fused-ring (bicyclic) bond motifs is 10. The van der Waals surface area contributed by atoms with E-state index < -0.39 is 6.51 Å². The molecule has 10 rings (SSSR count). The zero-order valence-electron chi connectivity index (χ0n) is 10.5. The fourth-order valence-corrected chi connectivity index (χ4v) is 93.2. The molecule has 0 aromatic rings. The first kappa shape index (κ1) is 6.77. The molecule has 0 amide bonds. The first-order valence-electron chi connectivity index (χ1n) is 7.75. The number of hydrogen-bond donors (Lipinski definition) is 1. The monoisotopic (exact) mass is 271 g/mol. The summed E-state index contributed by atoms with van der Waals surface area (Å²) in [4.78, 5) is 13.5. The van der Waals surface area contributed by atoms with Crippen LogP contribution in [0.1, 0.15) is 26.7 Å². The fourth-order valence-electron chi connectivity index (χ4n) is 17.9. The van der Waals surface area contributed by atoms with Crippen LogP contribution in [0.5, 0.6) is 0 Å². The number of rotatable bonds is 3. The Kier molecular flexibility index (Phi) is 0.210. The second-order valence-corrected chi connectivity index (χ2v) is 36.0. The molecule has 10 saturated heterocycles. The van der Waals surface area contributed by atoms with Crippen LogP contribution in [0.4, 0.5) is 0 Å². The Hall–Kier alpha value is 0.479. The molecule has 2 heteroatoms. The molecule has 0 bridgehead atoms. The van der Waals surface area contributed by atoms with Gasteiger partial charge in [0.15, 0.2) is 0 Å². The molecule has 0 aliphatic carbocycles. The second-order valence-electron chi connectivity index (χ2n) is 12.3. The number of hydrogen-bond acceptors (Lipinski definition) is 1. The average molecular weight is 271 g/mol. The van der Waals surface area contributed by atoms with Crippen LogP contribution in [-0.4, -0.2) is 5.54 Å². The van der Waals surface area contributed by atoms with Crippen LogP contribution in [0.3, 0.4) is 0 Å². The topological polar surface area (TPSA) is 26.0 Å². The Morgan fingerprint density at radius 1 is 0.941 bits per heavy atom. The normalized spacial score (nSPS) is 120. The first-order chi connectivity index (χ1) is 7.75. The molecule has 10 aliphatic rings. The molecule has 1 spiro atoms. The molecule has 4 atom stereocenters. The van der Waals surface area contributed by atoms with Gasteiger partial charge in [-0.15, -0.1) is 0 Å². The Morgan fingerprint density at radius 2 is 1.41 bits per heavy atom. The van der Waals surface area contributed by atoms with Gasteiger partial charge in [-0.25, -0.2) is 0 Å². The van der Waals surface area contributed by atoms with Gasteiger partial charge >= 0.3 is 92.1 Å². The van der Waals surface area contributed by atoms with Crippen LogP contribution in [0.2, 0.25) is 47.7 Å². The zero-order chi connectivity index (χ0) is 10.9. The van der Waals surface area contributed by atoms with Gasteiger partial charge in [0.1, 0.15) is 0 Å². The van der Waals surface area contributed by atoms with Gasteiger partial charge in [-0.1, -0.05) is 0 Å². The quantitative estimate of drug-likeness (QED) is 0.762. The molecule has 0 aromatic heterocycles. The van der Waals surface area contributed by atoms with Crippen molar-refractivity contribution in [2.75, 3.05) is 0 Å². The Bertz CT molecular complexity index is 871. The summed E-state index contributed by atoms with van der Waals surface area (Å²) in [6.45, 7) is 1.82. The Labute approximate surface area is 92.2 Å². The SMILES string of the molecule is CC(C)(N)CC[C]12[CH]3[CH]4[CH]5[CH]1[Fe]45321678[CH]2[CH]1[CH]6[CH]7[CH]28. The summed E-state index contributed by atoms with van der Waals surface area (Å²) in [5.41, 5.74) is 6.42. The van der Waals surface area contributed by atoms with E-state index in [1.165, 1.54) is 49.8 Å². The van der Waals surface area contributed by atoms with Crippen molar-refractivity contribution in [3.8, 4) is 0 Å².